The molecular formula is C10H10O3. The van der Waals surface area contributed by atoms with E-state index < -0.39 is 5.97 Å². The van der Waals surface area contributed by atoms with E-state index in [4.69, 9.17) is 10.2 Å². The van der Waals surface area contributed by atoms with Crippen molar-refractivity contribution in [3.63, 3.8) is 0 Å². The van der Waals surface area contributed by atoms with E-state index in [1.165, 1.54) is 0 Å². The van der Waals surface area contributed by atoms with Gasteiger partial charge in [-0.15, -0.1) is 0 Å². The molecule has 1 rings (SSSR count). The number of benzene rings is 1. The maximum atomic E-state index is 10.2. The minimum absolute atomic E-state index is 0.0148. The summed E-state index contributed by atoms with van der Waals surface area (Å²) >= 11 is 0. The van der Waals surface area contributed by atoms with Gasteiger partial charge in [-0.25, -0.2) is 0 Å². The molecule has 0 heterocycles. The van der Waals surface area contributed by atoms with Crippen molar-refractivity contribution in [1.82, 2.24) is 0 Å². The minimum Gasteiger partial charge on any atom is -0.508 e. The highest BCUT2D eigenvalue weighted by Crippen LogP contribution is 2.10. The smallest absolute Gasteiger partial charge is 0.307 e. The molecule has 0 unspecified atom stereocenters. The highest BCUT2D eigenvalue weighted by Gasteiger charge is 1.90. The van der Waals surface area contributed by atoms with Crippen LogP contribution in [0.15, 0.2) is 30.3 Å². The monoisotopic (exact) mass is 178 g/mol. The van der Waals surface area contributed by atoms with Crippen LogP contribution in [-0.2, 0) is 4.79 Å². The zero-order valence-corrected chi connectivity index (χ0v) is 6.97. The Balaban J connectivity index is 2.59. The van der Waals surface area contributed by atoms with Gasteiger partial charge in [0, 0.05) is 0 Å². The van der Waals surface area contributed by atoms with Gasteiger partial charge in [0.25, 0.3) is 0 Å². The summed E-state index contributed by atoms with van der Waals surface area (Å²) in [7, 11) is 0. The number of carboxylic acid groups (broad SMARTS) is 1. The Kier molecular flexibility index (Phi) is 3.09. The SMILES string of the molecule is O=C(O)C/C=C/c1ccc(O)cc1. The fraction of sp³-hybridized carbons (Fsp3) is 0.100. The summed E-state index contributed by atoms with van der Waals surface area (Å²) in [6, 6.07) is 6.54. The number of carboxylic acids is 1. The molecule has 0 saturated carbocycles. The largest absolute Gasteiger partial charge is 0.508 e. The second-order valence-electron chi connectivity index (χ2n) is 2.59. The van der Waals surface area contributed by atoms with Crippen molar-refractivity contribution in [2.24, 2.45) is 0 Å². The van der Waals surface area contributed by atoms with Crippen molar-refractivity contribution in [2.45, 2.75) is 6.42 Å². The molecular weight excluding hydrogens is 168 g/mol. The van der Waals surface area contributed by atoms with Crippen LogP contribution in [0.4, 0.5) is 0 Å². The molecule has 3 heteroatoms. The molecule has 0 atom stereocenters. The average Bonchev–Trinajstić information content (AvgIpc) is 2.08. The molecule has 1 aromatic rings. The Bertz CT molecular complexity index is 311. The standard InChI is InChI=1S/C10H10O3/c11-9-6-4-8(5-7-9)2-1-3-10(12)13/h1-2,4-7,11H,3H2,(H,12,13)/b2-1+. The number of hydrogen-bond acceptors (Lipinski definition) is 2. The van der Waals surface area contributed by atoms with E-state index in [1.54, 1.807) is 36.4 Å². The summed E-state index contributed by atoms with van der Waals surface area (Å²) in [6.45, 7) is 0. The third kappa shape index (κ3) is 3.42. The fourth-order valence-corrected chi connectivity index (χ4v) is 0.881. The Morgan fingerprint density at radius 1 is 1.31 bits per heavy atom. The van der Waals surface area contributed by atoms with Crippen molar-refractivity contribution in [2.75, 3.05) is 0 Å². The Morgan fingerprint density at radius 2 is 1.92 bits per heavy atom. The van der Waals surface area contributed by atoms with E-state index in [0.717, 1.165) is 5.56 Å². The van der Waals surface area contributed by atoms with Gasteiger partial charge >= 0.3 is 5.97 Å². The number of carbonyl (C=O) groups is 1. The molecule has 0 bridgehead atoms. The van der Waals surface area contributed by atoms with Crippen LogP contribution in [0.3, 0.4) is 0 Å². The second-order valence-corrected chi connectivity index (χ2v) is 2.59. The highest BCUT2D eigenvalue weighted by atomic mass is 16.4. The molecule has 0 amide bonds. The first-order valence-electron chi connectivity index (χ1n) is 3.86. The van der Waals surface area contributed by atoms with Crippen LogP contribution in [0, 0.1) is 0 Å². The molecule has 2 N–H and O–H groups in total. The van der Waals surface area contributed by atoms with Crippen LogP contribution in [0.25, 0.3) is 6.08 Å². The maximum Gasteiger partial charge on any atom is 0.307 e. The van der Waals surface area contributed by atoms with Gasteiger partial charge in [0.1, 0.15) is 5.75 Å². The van der Waals surface area contributed by atoms with Crippen LogP contribution >= 0.6 is 0 Å². The number of rotatable bonds is 3. The fourth-order valence-electron chi connectivity index (χ4n) is 0.881. The van der Waals surface area contributed by atoms with Crippen molar-refractivity contribution < 1.29 is 15.0 Å². The molecule has 0 spiro atoms. The highest BCUT2D eigenvalue weighted by molar-refractivity contribution is 5.70. The summed E-state index contributed by atoms with van der Waals surface area (Å²) in [5.41, 5.74) is 0.874. The van der Waals surface area contributed by atoms with Gasteiger partial charge < -0.3 is 10.2 Å². The van der Waals surface area contributed by atoms with Gasteiger partial charge in [-0.1, -0.05) is 24.3 Å². The van der Waals surface area contributed by atoms with Crippen LogP contribution < -0.4 is 0 Å². The van der Waals surface area contributed by atoms with Crippen molar-refractivity contribution >= 4 is 12.0 Å². The van der Waals surface area contributed by atoms with E-state index in [0.29, 0.717) is 0 Å². The Hall–Kier alpha value is -1.77. The third-order valence-corrected chi connectivity index (χ3v) is 1.50. The number of phenols is 1. The predicted molar refractivity (Wildman–Crippen MR) is 49.4 cm³/mol. The van der Waals surface area contributed by atoms with Crippen LogP contribution in [-0.4, -0.2) is 16.2 Å². The maximum absolute atomic E-state index is 10.2. The quantitative estimate of drug-likeness (QED) is 0.742. The molecule has 0 radical (unpaired) electrons. The zero-order valence-electron chi connectivity index (χ0n) is 6.97. The Labute approximate surface area is 76.0 Å². The van der Waals surface area contributed by atoms with Crippen molar-refractivity contribution in [3.05, 3.63) is 35.9 Å². The van der Waals surface area contributed by atoms with Gasteiger partial charge in [0.15, 0.2) is 0 Å². The number of phenolic OH excluding ortho intramolecular Hbond substituents is 1. The van der Waals surface area contributed by atoms with Crippen LogP contribution in [0.5, 0.6) is 5.75 Å². The lowest BCUT2D eigenvalue weighted by molar-refractivity contribution is -0.135. The van der Waals surface area contributed by atoms with Crippen LogP contribution in [0.2, 0.25) is 0 Å². The molecule has 3 nitrogen and oxygen atoms in total. The molecule has 0 aliphatic rings. The van der Waals surface area contributed by atoms with Gasteiger partial charge in [0.05, 0.1) is 6.42 Å². The third-order valence-electron chi connectivity index (χ3n) is 1.50. The Morgan fingerprint density at radius 3 is 2.46 bits per heavy atom. The van der Waals surface area contributed by atoms with E-state index in [9.17, 15) is 4.79 Å². The van der Waals surface area contributed by atoms with E-state index in [-0.39, 0.29) is 12.2 Å². The number of hydrogen-bond donors (Lipinski definition) is 2. The first-order valence-corrected chi connectivity index (χ1v) is 3.86. The van der Waals surface area contributed by atoms with E-state index in [2.05, 4.69) is 0 Å². The zero-order chi connectivity index (χ0) is 9.68. The lowest BCUT2D eigenvalue weighted by Crippen LogP contribution is -1.89. The average molecular weight is 178 g/mol. The molecule has 13 heavy (non-hydrogen) atoms. The van der Waals surface area contributed by atoms with E-state index >= 15 is 0 Å². The first-order chi connectivity index (χ1) is 6.18. The molecule has 0 saturated heterocycles. The van der Waals surface area contributed by atoms with Gasteiger partial charge in [-0.05, 0) is 17.7 Å². The summed E-state index contributed by atoms with van der Waals surface area (Å²) in [6.07, 6.45) is 3.28. The molecule has 68 valence electrons. The topological polar surface area (TPSA) is 57.5 Å². The molecule has 1 aromatic carbocycles. The second kappa shape index (κ2) is 4.30. The molecule has 0 aromatic heterocycles. The normalized spacial score (nSPS) is 10.5. The summed E-state index contributed by atoms with van der Waals surface area (Å²) in [5.74, 6) is -0.648. The van der Waals surface area contributed by atoms with Gasteiger partial charge in [0.2, 0.25) is 0 Å². The van der Waals surface area contributed by atoms with Gasteiger partial charge in [-0.2, -0.15) is 0 Å². The summed E-state index contributed by atoms with van der Waals surface area (Å²) in [5, 5.41) is 17.3. The van der Waals surface area contributed by atoms with Crippen molar-refractivity contribution in [1.29, 1.82) is 0 Å². The lowest BCUT2D eigenvalue weighted by Gasteiger charge is -1.92. The van der Waals surface area contributed by atoms with Gasteiger partial charge in [-0.3, -0.25) is 4.79 Å². The molecule has 0 fully saturated rings. The van der Waals surface area contributed by atoms with E-state index in [1.807, 2.05) is 0 Å². The first kappa shape index (κ1) is 9.32. The lowest BCUT2D eigenvalue weighted by atomic mass is 10.2. The minimum atomic E-state index is -0.852. The number of aromatic hydroxyl groups is 1. The molecule has 0 aliphatic heterocycles. The number of aliphatic carboxylic acids is 1. The summed E-state index contributed by atoms with van der Waals surface area (Å²) in [4.78, 5) is 10.2. The van der Waals surface area contributed by atoms with Crippen LogP contribution in [0.1, 0.15) is 12.0 Å². The van der Waals surface area contributed by atoms with Crippen molar-refractivity contribution in [3.8, 4) is 5.75 Å². The predicted octanol–water partition coefficient (Wildman–Crippen LogP) is 1.88. The molecule has 0 aliphatic carbocycles. The summed E-state index contributed by atoms with van der Waals surface area (Å²) < 4.78 is 0.